The zero-order valence-corrected chi connectivity index (χ0v) is 12.8. The van der Waals surface area contributed by atoms with Gasteiger partial charge in [0, 0.05) is 10.8 Å². The smallest absolute Gasteiger partial charge is 0.142 e. The highest BCUT2D eigenvalue weighted by molar-refractivity contribution is 5.82. The molecule has 0 bridgehead atoms. The van der Waals surface area contributed by atoms with Crippen LogP contribution in [-0.2, 0) is 0 Å². The molecule has 130 valence electrons. The Balaban J connectivity index is 2.82. The maximum atomic E-state index is 5.48. The van der Waals surface area contributed by atoms with Gasteiger partial charge in [-0.2, -0.15) is 15.3 Å². The summed E-state index contributed by atoms with van der Waals surface area (Å²) in [7, 11) is 0. The second-order valence-corrected chi connectivity index (χ2v) is 4.89. The van der Waals surface area contributed by atoms with Gasteiger partial charge in [-0.3, -0.25) is 50.7 Å². The summed E-state index contributed by atoms with van der Waals surface area (Å²) >= 11 is 0. The maximum Gasteiger partial charge on any atom is 0.142 e. The van der Waals surface area contributed by atoms with Crippen molar-refractivity contribution in [1.29, 1.82) is 0 Å². The average molecular weight is 334 g/mol. The molecule has 0 fully saturated rings. The quantitative estimate of drug-likeness (QED) is 0.181. The van der Waals surface area contributed by atoms with Crippen molar-refractivity contribution in [2.75, 3.05) is 0 Å². The third-order valence-electron chi connectivity index (χ3n) is 2.86. The van der Waals surface area contributed by atoms with Crippen molar-refractivity contribution < 1.29 is 0 Å². The van der Waals surface area contributed by atoms with Crippen LogP contribution >= 0.6 is 0 Å². The fourth-order valence-corrected chi connectivity index (χ4v) is 2.01. The standard InChI is InChI=1S/C12H22N12/c13-10(14)22-19-7-5-3-1-2-4-6(5)8(20-23-11(15)16)9(7)21-24-12(17)18/h1-4,10-12,22-24H,13-18H2/b19-7-,20-8+,21-9?. The highest BCUT2D eigenvalue weighted by Gasteiger charge is 2.09. The first-order chi connectivity index (χ1) is 11.4. The predicted molar refractivity (Wildman–Crippen MR) is 88.9 cm³/mol. The molecular formula is C12H22N12. The zero-order chi connectivity index (χ0) is 17.7. The van der Waals surface area contributed by atoms with E-state index in [1.165, 1.54) is 0 Å². The van der Waals surface area contributed by atoms with Gasteiger partial charge >= 0.3 is 0 Å². The highest BCUT2D eigenvalue weighted by atomic mass is 15.4. The van der Waals surface area contributed by atoms with E-state index in [9.17, 15) is 0 Å². The molecule has 2 rings (SSSR count). The Morgan fingerprint density at radius 1 is 0.583 bits per heavy atom. The Morgan fingerprint density at radius 3 is 1.25 bits per heavy atom. The molecule has 0 aliphatic rings. The minimum absolute atomic E-state index is 0.374. The molecule has 0 saturated carbocycles. The van der Waals surface area contributed by atoms with E-state index >= 15 is 0 Å². The van der Waals surface area contributed by atoms with Crippen LogP contribution in [0.2, 0.25) is 0 Å². The summed E-state index contributed by atoms with van der Waals surface area (Å²) in [4.78, 5) is 0. The van der Waals surface area contributed by atoms with Crippen molar-refractivity contribution in [1.82, 2.24) is 16.3 Å². The van der Waals surface area contributed by atoms with Gasteiger partial charge in [0.05, 0.1) is 0 Å². The number of fused-ring (bicyclic) bond motifs is 1. The second-order valence-electron chi connectivity index (χ2n) is 4.89. The molecule has 0 atom stereocenters. The van der Waals surface area contributed by atoms with Gasteiger partial charge < -0.3 is 0 Å². The molecule has 0 unspecified atom stereocenters. The third-order valence-corrected chi connectivity index (χ3v) is 2.86. The Morgan fingerprint density at radius 2 is 0.917 bits per heavy atom. The molecule has 24 heavy (non-hydrogen) atoms. The zero-order valence-electron chi connectivity index (χ0n) is 12.8. The van der Waals surface area contributed by atoms with Crippen LogP contribution in [0.5, 0.6) is 0 Å². The Kier molecular flexibility index (Phi) is 5.75. The average Bonchev–Trinajstić information content (AvgIpc) is 2.81. The van der Waals surface area contributed by atoms with Gasteiger partial charge in [0.1, 0.15) is 34.9 Å². The minimum Gasteiger partial charge on any atom is -0.298 e. The fourth-order valence-electron chi connectivity index (χ4n) is 2.01. The molecule has 12 heteroatoms. The molecule has 0 aliphatic heterocycles. The molecule has 0 aromatic heterocycles. The molecule has 2 aromatic carbocycles. The molecule has 0 heterocycles. The lowest BCUT2D eigenvalue weighted by molar-refractivity contribution is 0.542. The summed E-state index contributed by atoms with van der Waals surface area (Å²) in [6, 6.07) is 7.39. The van der Waals surface area contributed by atoms with Gasteiger partial charge in [0.2, 0.25) is 0 Å². The number of hydrogen-bond donors (Lipinski definition) is 9. The monoisotopic (exact) mass is 334 g/mol. The first-order valence-corrected chi connectivity index (χ1v) is 7.04. The van der Waals surface area contributed by atoms with Crippen LogP contribution in [0.15, 0.2) is 39.6 Å². The molecule has 0 radical (unpaired) electrons. The highest BCUT2D eigenvalue weighted by Crippen LogP contribution is 2.02. The van der Waals surface area contributed by atoms with E-state index in [0.717, 1.165) is 10.8 Å². The number of nitrogens with one attached hydrogen (secondary N) is 3. The van der Waals surface area contributed by atoms with E-state index in [-0.39, 0.29) is 0 Å². The van der Waals surface area contributed by atoms with Crippen molar-refractivity contribution in [2.45, 2.75) is 18.9 Å². The Bertz CT molecular complexity index is 781. The van der Waals surface area contributed by atoms with Gasteiger partial charge in [0.15, 0.2) is 0 Å². The van der Waals surface area contributed by atoms with Crippen LogP contribution in [0.4, 0.5) is 0 Å². The Hall–Kier alpha value is -2.61. The van der Waals surface area contributed by atoms with Crippen LogP contribution < -0.4 is 66.8 Å². The number of rotatable bonds is 6. The van der Waals surface area contributed by atoms with Gasteiger partial charge in [0.25, 0.3) is 0 Å². The molecule has 0 aliphatic carbocycles. The number of nitrogens with zero attached hydrogens (tertiary/aromatic N) is 3. The molecule has 2 aromatic rings. The Labute approximate surface area is 136 Å². The maximum absolute atomic E-state index is 5.48. The summed E-state index contributed by atoms with van der Waals surface area (Å²) in [6.45, 7) is 0. The van der Waals surface area contributed by atoms with E-state index in [1.807, 2.05) is 24.3 Å². The summed E-state index contributed by atoms with van der Waals surface area (Å²) in [5.41, 5.74) is 40.6. The van der Waals surface area contributed by atoms with Gasteiger partial charge in [-0.25, -0.2) is 0 Å². The lowest BCUT2D eigenvalue weighted by Gasteiger charge is -2.03. The van der Waals surface area contributed by atoms with E-state index < -0.39 is 18.9 Å². The summed E-state index contributed by atoms with van der Waals surface area (Å²) < 4.78 is 0. The van der Waals surface area contributed by atoms with E-state index in [2.05, 4.69) is 31.6 Å². The molecule has 0 saturated heterocycles. The van der Waals surface area contributed by atoms with Crippen LogP contribution in [0.3, 0.4) is 0 Å². The normalized spacial score (nSPS) is 14.5. The van der Waals surface area contributed by atoms with Crippen molar-refractivity contribution in [3.05, 3.63) is 40.3 Å². The van der Waals surface area contributed by atoms with Crippen molar-refractivity contribution in [2.24, 2.45) is 49.7 Å². The topological polar surface area (TPSA) is 229 Å². The predicted octanol–water partition coefficient (Wildman–Crippen LogP) is -5.47. The third kappa shape index (κ3) is 4.23. The number of benzene rings is 1. The summed E-state index contributed by atoms with van der Waals surface area (Å²) in [6.07, 6.45) is -2.54. The molecule has 0 spiro atoms. The first kappa shape index (κ1) is 17.7. The fraction of sp³-hybridized carbons (Fsp3) is 0.250. The molecule has 0 amide bonds. The SMILES string of the molecule is NC(N)NN=c1/c(=N\NC(N)N)c2ccccc2/c1=N\NC(N)N. The minimum atomic E-state index is -0.863. The second kappa shape index (κ2) is 7.78. The van der Waals surface area contributed by atoms with Gasteiger partial charge in [-0.05, 0) is 0 Å². The lowest BCUT2D eigenvalue weighted by atomic mass is 10.2. The van der Waals surface area contributed by atoms with Gasteiger partial charge in [-0.15, -0.1) is 0 Å². The lowest BCUT2D eigenvalue weighted by Crippen LogP contribution is -2.49. The first-order valence-electron chi connectivity index (χ1n) is 7.04. The van der Waals surface area contributed by atoms with E-state index in [4.69, 9.17) is 34.4 Å². The van der Waals surface area contributed by atoms with Crippen LogP contribution in [0.25, 0.3) is 10.8 Å². The summed E-state index contributed by atoms with van der Waals surface area (Å²) in [5.74, 6) is 0. The van der Waals surface area contributed by atoms with E-state index in [1.54, 1.807) is 0 Å². The number of hydrogen-bond acceptors (Lipinski definition) is 12. The van der Waals surface area contributed by atoms with Crippen LogP contribution in [-0.4, -0.2) is 18.9 Å². The van der Waals surface area contributed by atoms with Crippen LogP contribution in [0.1, 0.15) is 0 Å². The van der Waals surface area contributed by atoms with Crippen molar-refractivity contribution in [3.63, 3.8) is 0 Å². The van der Waals surface area contributed by atoms with Crippen LogP contribution in [0, 0.1) is 0 Å². The molecular weight excluding hydrogens is 312 g/mol. The van der Waals surface area contributed by atoms with Crippen molar-refractivity contribution in [3.8, 4) is 0 Å². The number of nitrogens with two attached hydrogens (primary N) is 6. The molecule has 15 N–H and O–H groups in total. The largest absolute Gasteiger partial charge is 0.298 e. The molecule has 12 nitrogen and oxygen atoms in total. The van der Waals surface area contributed by atoms with Crippen molar-refractivity contribution >= 4 is 10.8 Å². The van der Waals surface area contributed by atoms with E-state index in [0.29, 0.717) is 16.1 Å². The van der Waals surface area contributed by atoms with Gasteiger partial charge in [-0.1, -0.05) is 24.3 Å². The summed E-state index contributed by atoms with van der Waals surface area (Å²) in [5, 5.41) is 15.4.